The van der Waals surface area contributed by atoms with Gasteiger partial charge in [-0.3, -0.25) is 14.5 Å². The first-order valence-corrected chi connectivity index (χ1v) is 12.1. The molecular weight excluding hydrogens is 493 g/mol. The summed E-state index contributed by atoms with van der Waals surface area (Å²) in [4.78, 5) is 32.4. The van der Waals surface area contributed by atoms with Crippen molar-refractivity contribution in [2.45, 2.75) is 18.2 Å². The van der Waals surface area contributed by atoms with Gasteiger partial charge >= 0.3 is 0 Å². The Hall–Kier alpha value is -3.00. The van der Waals surface area contributed by atoms with Gasteiger partial charge in [0.2, 0.25) is 11.8 Å². The van der Waals surface area contributed by atoms with Crippen molar-refractivity contribution < 1.29 is 14.3 Å². The number of halogens is 2. The van der Waals surface area contributed by atoms with E-state index in [0.717, 1.165) is 11.3 Å². The van der Waals surface area contributed by atoms with Crippen LogP contribution in [0.3, 0.4) is 0 Å². The molecule has 0 radical (unpaired) electrons. The van der Waals surface area contributed by atoms with Gasteiger partial charge in [0, 0.05) is 22.2 Å². The molecule has 3 aromatic carbocycles. The average molecular weight is 514 g/mol. The third kappa shape index (κ3) is 6.11. The molecule has 1 N–H and O–H groups in total. The number of thioether (sulfide) groups is 1. The van der Waals surface area contributed by atoms with Gasteiger partial charge in [-0.05, 0) is 54.1 Å². The molecule has 4 rings (SSSR count). The number of nitrogens with zero attached hydrogens (tertiary/aromatic N) is 2. The Kier molecular flexibility index (Phi) is 7.77. The largest absolute Gasteiger partial charge is 0.497 e. The number of nitrogens with one attached hydrogen (secondary N) is 1. The molecule has 9 heteroatoms. The first-order chi connectivity index (χ1) is 16.4. The number of carbonyl (C=O) groups excluding carboxylic acids is 2. The Morgan fingerprint density at radius 3 is 2.47 bits per heavy atom. The maximum absolute atomic E-state index is 13.2. The van der Waals surface area contributed by atoms with Crippen LogP contribution < -0.4 is 10.1 Å². The number of carbonyl (C=O) groups is 2. The van der Waals surface area contributed by atoms with E-state index in [4.69, 9.17) is 27.9 Å². The number of ether oxygens (including phenoxy) is 1. The van der Waals surface area contributed by atoms with Gasteiger partial charge in [-0.25, -0.2) is 4.99 Å². The van der Waals surface area contributed by atoms with E-state index in [0.29, 0.717) is 33.1 Å². The van der Waals surface area contributed by atoms with Gasteiger partial charge in [0.1, 0.15) is 11.0 Å². The summed E-state index contributed by atoms with van der Waals surface area (Å²) >= 11 is 13.4. The van der Waals surface area contributed by atoms with Crippen molar-refractivity contribution in [1.29, 1.82) is 0 Å². The lowest BCUT2D eigenvalue weighted by molar-refractivity contribution is -0.129. The van der Waals surface area contributed by atoms with Crippen molar-refractivity contribution in [1.82, 2.24) is 4.90 Å². The van der Waals surface area contributed by atoms with Crippen LogP contribution in [0.15, 0.2) is 77.8 Å². The Balaban J connectivity index is 1.60. The molecule has 1 saturated heterocycles. The summed E-state index contributed by atoms with van der Waals surface area (Å²) in [5.74, 6) is 0.249. The van der Waals surface area contributed by atoms with E-state index in [-0.39, 0.29) is 18.2 Å². The van der Waals surface area contributed by atoms with Crippen molar-refractivity contribution in [3.63, 3.8) is 0 Å². The molecule has 1 aliphatic rings. The molecule has 1 aliphatic heterocycles. The number of rotatable bonds is 6. The van der Waals surface area contributed by atoms with Crippen LogP contribution in [0.5, 0.6) is 5.75 Å². The van der Waals surface area contributed by atoms with Gasteiger partial charge in [0.15, 0.2) is 5.17 Å². The number of methoxy groups -OCH3 is 1. The second kappa shape index (κ2) is 11.0. The molecule has 0 bridgehead atoms. The van der Waals surface area contributed by atoms with E-state index in [2.05, 4.69) is 10.3 Å². The second-order valence-electron chi connectivity index (χ2n) is 7.51. The van der Waals surface area contributed by atoms with E-state index < -0.39 is 5.25 Å². The highest BCUT2D eigenvalue weighted by atomic mass is 35.5. The predicted octanol–water partition coefficient (Wildman–Crippen LogP) is 6.16. The maximum Gasteiger partial charge on any atom is 0.238 e. The van der Waals surface area contributed by atoms with Gasteiger partial charge in [0.25, 0.3) is 0 Å². The summed E-state index contributed by atoms with van der Waals surface area (Å²) in [6.07, 6.45) is 0.0434. The summed E-state index contributed by atoms with van der Waals surface area (Å²) in [7, 11) is 1.60. The molecule has 0 aromatic heterocycles. The Morgan fingerprint density at radius 2 is 1.79 bits per heavy atom. The predicted molar refractivity (Wildman–Crippen MR) is 138 cm³/mol. The Bertz CT molecular complexity index is 1230. The van der Waals surface area contributed by atoms with Gasteiger partial charge < -0.3 is 10.1 Å². The van der Waals surface area contributed by atoms with Crippen molar-refractivity contribution in [3.8, 4) is 5.75 Å². The topological polar surface area (TPSA) is 71.0 Å². The molecule has 174 valence electrons. The highest BCUT2D eigenvalue weighted by Gasteiger charge is 2.36. The van der Waals surface area contributed by atoms with E-state index in [9.17, 15) is 9.59 Å². The van der Waals surface area contributed by atoms with Crippen molar-refractivity contribution in [3.05, 3.63) is 88.4 Å². The lowest BCUT2D eigenvalue weighted by atomic mass is 10.2. The fourth-order valence-electron chi connectivity index (χ4n) is 3.36. The van der Waals surface area contributed by atoms with Gasteiger partial charge in [-0.15, -0.1) is 0 Å². The second-order valence-corrected chi connectivity index (χ2v) is 9.56. The summed E-state index contributed by atoms with van der Waals surface area (Å²) in [5, 5.41) is 3.67. The lowest BCUT2D eigenvalue weighted by Gasteiger charge is -2.32. The van der Waals surface area contributed by atoms with Crippen LogP contribution >= 0.6 is 35.0 Å². The molecule has 0 spiro atoms. The highest BCUT2D eigenvalue weighted by Crippen LogP contribution is 2.32. The number of amides is 2. The van der Waals surface area contributed by atoms with Crippen LogP contribution in [0.4, 0.5) is 11.4 Å². The molecule has 1 unspecified atom stereocenters. The summed E-state index contributed by atoms with van der Waals surface area (Å²) in [5.41, 5.74) is 2.08. The number of aliphatic imine (C=N–C) groups is 1. The van der Waals surface area contributed by atoms with E-state index >= 15 is 0 Å². The molecular formula is C25H21Cl2N3O3S. The van der Waals surface area contributed by atoms with Crippen LogP contribution in [0.25, 0.3) is 0 Å². The zero-order chi connectivity index (χ0) is 24.1. The monoisotopic (exact) mass is 513 g/mol. The van der Waals surface area contributed by atoms with E-state index in [1.807, 2.05) is 24.3 Å². The molecule has 1 heterocycles. The van der Waals surface area contributed by atoms with Gasteiger partial charge in [-0.1, -0.05) is 59.2 Å². The molecule has 34 heavy (non-hydrogen) atoms. The fraction of sp³-hybridized carbons (Fsp3) is 0.160. The minimum atomic E-state index is -0.642. The van der Waals surface area contributed by atoms with Crippen molar-refractivity contribution >= 4 is 63.3 Å². The molecule has 1 fully saturated rings. The SMILES string of the molecule is COc1ccc(CN2C(=O)CC(C(=O)Nc3cccc(Cl)c3)SC2=Nc2cccc(Cl)c2)cc1. The number of hydrogen-bond donors (Lipinski definition) is 1. The van der Waals surface area contributed by atoms with Crippen LogP contribution in [0.1, 0.15) is 12.0 Å². The van der Waals surface area contributed by atoms with Crippen molar-refractivity contribution in [2.24, 2.45) is 4.99 Å². The standard InChI is InChI=1S/C25H21Cl2N3O3S/c1-33-21-10-8-16(9-11-21)15-30-23(31)14-22(24(32)28-19-6-2-4-17(26)12-19)34-25(30)29-20-7-3-5-18(27)13-20/h2-13,22H,14-15H2,1H3,(H,28,32). The normalized spacial score (nSPS) is 17.0. The Labute approximate surface area is 211 Å². The number of amidine groups is 1. The van der Waals surface area contributed by atoms with Crippen LogP contribution in [0.2, 0.25) is 10.0 Å². The molecule has 2 amide bonds. The number of hydrogen-bond acceptors (Lipinski definition) is 5. The van der Waals surface area contributed by atoms with E-state index in [1.54, 1.807) is 60.5 Å². The summed E-state index contributed by atoms with van der Waals surface area (Å²) < 4.78 is 5.21. The minimum Gasteiger partial charge on any atom is -0.497 e. The first-order valence-electron chi connectivity index (χ1n) is 10.4. The molecule has 0 saturated carbocycles. The maximum atomic E-state index is 13.2. The zero-order valence-electron chi connectivity index (χ0n) is 18.2. The lowest BCUT2D eigenvalue weighted by Crippen LogP contribution is -2.44. The summed E-state index contributed by atoms with van der Waals surface area (Å²) in [6, 6.07) is 21.4. The minimum absolute atomic E-state index is 0.0434. The third-order valence-electron chi connectivity index (χ3n) is 5.06. The highest BCUT2D eigenvalue weighted by molar-refractivity contribution is 8.15. The smallest absolute Gasteiger partial charge is 0.238 e. The summed E-state index contributed by atoms with van der Waals surface area (Å²) in [6.45, 7) is 0.317. The zero-order valence-corrected chi connectivity index (χ0v) is 20.5. The molecule has 1 atom stereocenters. The van der Waals surface area contributed by atoms with Gasteiger partial charge in [-0.2, -0.15) is 0 Å². The van der Waals surface area contributed by atoms with Crippen LogP contribution in [-0.4, -0.2) is 34.2 Å². The number of anilines is 1. The third-order valence-corrected chi connectivity index (χ3v) is 6.71. The molecule has 3 aromatic rings. The van der Waals surface area contributed by atoms with Crippen molar-refractivity contribution in [2.75, 3.05) is 12.4 Å². The number of benzene rings is 3. The molecule has 6 nitrogen and oxygen atoms in total. The quantitative estimate of drug-likeness (QED) is 0.428. The average Bonchev–Trinajstić information content (AvgIpc) is 2.81. The molecule has 0 aliphatic carbocycles. The first kappa shape index (κ1) is 24.1. The fourth-order valence-corrected chi connectivity index (χ4v) is 4.83. The van der Waals surface area contributed by atoms with Crippen LogP contribution in [-0.2, 0) is 16.1 Å². The van der Waals surface area contributed by atoms with E-state index in [1.165, 1.54) is 11.8 Å². The van der Waals surface area contributed by atoms with Crippen LogP contribution in [0, 0.1) is 0 Å². The Morgan fingerprint density at radius 1 is 1.09 bits per heavy atom. The van der Waals surface area contributed by atoms with Gasteiger partial charge in [0.05, 0.1) is 19.3 Å².